The van der Waals surface area contributed by atoms with Crippen molar-refractivity contribution in [2.24, 2.45) is 0 Å². The number of aliphatic hydroxyl groups excluding tert-OH is 1. The van der Waals surface area contributed by atoms with Crippen molar-refractivity contribution in [3.8, 4) is 0 Å². The van der Waals surface area contributed by atoms with Gasteiger partial charge in [0.1, 0.15) is 0 Å². The number of likely N-dealkylation sites (tertiary alicyclic amines) is 2. The molecule has 3 saturated heterocycles. The number of amides is 2. The van der Waals surface area contributed by atoms with E-state index < -0.39 is 0 Å². The van der Waals surface area contributed by atoms with E-state index in [1.54, 1.807) is 0 Å². The molecule has 0 bridgehead atoms. The Balaban J connectivity index is 1.45. The van der Waals surface area contributed by atoms with Crippen molar-refractivity contribution >= 4 is 6.03 Å². The SMILES string of the molecule is CC(C)N1CCC(N(CCO)CC(C)N2CCN(C(=O)N3CCCCC3)CC2)CC1. The number of urea groups is 1. The molecule has 1 atom stereocenters. The van der Waals surface area contributed by atoms with E-state index in [0.29, 0.717) is 18.1 Å². The van der Waals surface area contributed by atoms with E-state index in [1.165, 1.54) is 19.3 Å². The van der Waals surface area contributed by atoms with Gasteiger partial charge in [-0.15, -0.1) is 0 Å². The fraction of sp³-hybridized carbons (Fsp3) is 0.957. The van der Waals surface area contributed by atoms with Crippen LogP contribution < -0.4 is 0 Å². The van der Waals surface area contributed by atoms with Crippen LogP contribution in [-0.4, -0.2) is 126 Å². The summed E-state index contributed by atoms with van der Waals surface area (Å²) in [5.41, 5.74) is 0. The Kier molecular flexibility index (Phi) is 9.23. The van der Waals surface area contributed by atoms with Crippen molar-refractivity contribution in [1.29, 1.82) is 0 Å². The molecule has 0 aromatic rings. The molecule has 1 N–H and O–H groups in total. The van der Waals surface area contributed by atoms with Crippen molar-refractivity contribution in [2.45, 2.75) is 71.0 Å². The summed E-state index contributed by atoms with van der Waals surface area (Å²) in [5.74, 6) is 0. The van der Waals surface area contributed by atoms with E-state index in [-0.39, 0.29) is 12.6 Å². The van der Waals surface area contributed by atoms with Crippen LogP contribution in [0.3, 0.4) is 0 Å². The molecule has 0 spiro atoms. The maximum Gasteiger partial charge on any atom is 0.320 e. The minimum absolute atomic E-state index is 0.231. The number of aliphatic hydroxyl groups is 1. The predicted octanol–water partition coefficient (Wildman–Crippen LogP) is 1.77. The quantitative estimate of drug-likeness (QED) is 0.676. The third kappa shape index (κ3) is 6.31. The summed E-state index contributed by atoms with van der Waals surface area (Å²) in [6, 6.07) is 1.91. The first-order valence-electron chi connectivity index (χ1n) is 12.4. The first kappa shape index (κ1) is 23.8. The number of piperazine rings is 1. The number of carbonyl (C=O) groups excluding carboxylic acids is 1. The van der Waals surface area contributed by atoms with Crippen LogP contribution in [0.25, 0.3) is 0 Å². The van der Waals surface area contributed by atoms with E-state index >= 15 is 0 Å². The Labute approximate surface area is 184 Å². The lowest BCUT2D eigenvalue weighted by molar-refractivity contribution is 0.0421. The van der Waals surface area contributed by atoms with Crippen LogP contribution in [0.2, 0.25) is 0 Å². The van der Waals surface area contributed by atoms with E-state index in [9.17, 15) is 9.90 Å². The molecule has 7 heteroatoms. The molecule has 174 valence electrons. The van der Waals surface area contributed by atoms with E-state index in [4.69, 9.17) is 0 Å². The molecule has 3 aliphatic rings. The highest BCUT2D eigenvalue weighted by atomic mass is 16.3. The second kappa shape index (κ2) is 11.7. The van der Waals surface area contributed by atoms with Crippen LogP contribution in [0.5, 0.6) is 0 Å². The Morgan fingerprint density at radius 1 is 0.867 bits per heavy atom. The lowest BCUT2D eigenvalue weighted by Crippen LogP contribution is -2.57. The number of nitrogens with zero attached hydrogens (tertiary/aromatic N) is 5. The van der Waals surface area contributed by atoms with Gasteiger partial charge in [0.2, 0.25) is 0 Å². The smallest absolute Gasteiger partial charge is 0.320 e. The molecule has 30 heavy (non-hydrogen) atoms. The zero-order valence-electron chi connectivity index (χ0n) is 19.6. The van der Waals surface area contributed by atoms with Crippen LogP contribution in [0.15, 0.2) is 0 Å². The summed E-state index contributed by atoms with van der Waals surface area (Å²) in [5, 5.41) is 9.64. The summed E-state index contributed by atoms with van der Waals surface area (Å²) in [7, 11) is 0. The van der Waals surface area contributed by atoms with Gasteiger partial charge >= 0.3 is 6.03 Å². The number of carbonyl (C=O) groups is 1. The zero-order chi connectivity index (χ0) is 21.5. The second-order valence-corrected chi connectivity index (χ2v) is 9.78. The van der Waals surface area contributed by atoms with Crippen LogP contribution in [0, 0.1) is 0 Å². The predicted molar refractivity (Wildman–Crippen MR) is 122 cm³/mol. The fourth-order valence-corrected chi connectivity index (χ4v) is 5.41. The molecule has 1 unspecified atom stereocenters. The van der Waals surface area contributed by atoms with Crippen LogP contribution in [0.1, 0.15) is 52.9 Å². The number of piperidine rings is 2. The summed E-state index contributed by atoms with van der Waals surface area (Å²) in [6.07, 6.45) is 5.96. The van der Waals surface area contributed by atoms with Gasteiger partial charge in [0.25, 0.3) is 0 Å². The average Bonchev–Trinajstić information content (AvgIpc) is 2.79. The first-order valence-corrected chi connectivity index (χ1v) is 12.4. The van der Waals surface area contributed by atoms with Gasteiger partial charge in [-0.25, -0.2) is 4.79 Å². The van der Waals surface area contributed by atoms with Gasteiger partial charge in [-0.1, -0.05) is 0 Å². The van der Waals surface area contributed by atoms with Crippen molar-refractivity contribution in [2.75, 3.05) is 72.1 Å². The van der Waals surface area contributed by atoms with Crippen molar-refractivity contribution in [3.63, 3.8) is 0 Å². The summed E-state index contributed by atoms with van der Waals surface area (Å²) in [6.45, 7) is 16.7. The monoisotopic (exact) mass is 423 g/mol. The molecule has 0 radical (unpaired) electrons. The minimum atomic E-state index is 0.231. The standard InChI is InChI=1S/C23H45N5O2/c1-20(2)24-11-7-22(8-12-24)28(17-18-29)19-21(3)25-13-15-27(16-14-25)23(30)26-9-5-4-6-10-26/h20-22,29H,4-19H2,1-3H3. The van der Waals surface area contributed by atoms with Crippen LogP contribution in [0.4, 0.5) is 4.79 Å². The Morgan fingerprint density at radius 2 is 1.47 bits per heavy atom. The third-order valence-corrected chi connectivity index (χ3v) is 7.47. The van der Waals surface area contributed by atoms with Gasteiger partial charge in [0, 0.05) is 70.5 Å². The lowest BCUT2D eigenvalue weighted by Gasteiger charge is -2.44. The highest BCUT2D eigenvalue weighted by Gasteiger charge is 2.30. The molecule has 0 saturated carbocycles. The third-order valence-electron chi connectivity index (χ3n) is 7.47. The number of hydrogen-bond donors (Lipinski definition) is 1. The molecule has 0 aromatic heterocycles. The van der Waals surface area contributed by atoms with Crippen molar-refractivity contribution in [3.05, 3.63) is 0 Å². The van der Waals surface area contributed by atoms with Gasteiger partial charge in [0.15, 0.2) is 0 Å². The normalized spacial score (nSPS) is 24.1. The summed E-state index contributed by atoms with van der Waals surface area (Å²) >= 11 is 0. The molecule has 3 aliphatic heterocycles. The maximum absolute atomic E-state index is 12.8. The highest BCUT2D eigenvalue weighted by molar-refractivity contribution is 5.74. The van der Waals surface area contributed by atoms with Gasteiger partial charge in [-0.3, -0.25) is 9.80 Å². The Morgan fingerprint density at radius 3 is 2.03 bits per heavy atom. The Bertz CT molecular complexity index is 510. The maximum atomic E-state index is 12.8. The van der Waals surface area contributed by atoms with Crippen LogP contribution in [-0.2, 0) is 0 Å². The lowest BCUT2D eigenvalue weighted by atomic mass is 10.0. The van der Waals surface area contributed by atoms with Gasteiger partial charge in [-0.2, -0.15) is 0 Å². The molecule has 0 aromatic carbocycles. The van der Waals surface area contributed by atoms with E-state index in [0.717, 1.165) is 78.3 Å². The zero-order valence-corrected chi connectivity index (χ0v) is 19.6. The Hall–Kier alpha value is -0.890. The fourth-order valence-electron chi connectivity index (χ4n) is 5.41. The highest BCUT2D eigenvalue weighted by Crippen LogP contribution is 2.20. The molecule has 3 rings (SSSR count). The molecular formula is C23H45N5O2. The van der Waals surface area contributed by atoms with Crippen LogP contribution >= 0.6 is 0 Å². The van der Waals surface area contributed by atoms with Crippen molar-refractivity contribution < 1.29 is 9.90 Å². The second-order valence-electron chi connectivity index (χ2n) is 9.78. The number of rotatable bonds is 7. The minimum Gasteiger partial charge on any atom is -0.395 e. The van der Waals surface area contributed by atoms with Gasteiger partial charge in [0.05, 0.1) is 6.61 Å². The van der Waals surface area contributed by atoms with E-state index in [2.05, 4.69) is 45.3 Å². The number of hydrogen-bond acceptors (Lipinski definition) is 5. The molecular weight excluding hydrogens is 378 g/mol. The average molecular weight is 424 g/mol. The first-order chi connectivity index (χ1) is 14.5. The van der Waals surface area contributed by atoms with Gasteiger partial charge < -0.3 is 19.8 Å². The molecule has 7 nitrogen and oxygen atoms in total. The summed E-state index contributed by atoms with van der Waals surface area (Å²) < 4.78 is 0. The van der Waals surface area contributed by atoms with E-state index in [1.807, 2.05) is 0 Å². The van der Waals surface area contributed by atoms with Crippen molar-refractivity contribution in [1.82, 2.24) is 24.5 Å². The molecule has 0 aliphatic carbocycles. The molecule has 2 amide bonds. The molecule has 3 heterocycles. The summed E-state index contributed by atoms with van der Waals surface area (Å²) in [4.78, 5) is 24.5. The van der Waals surface area contributed by atoms with Gasteiger partial charge in [-0.05, 0) is 66.0 Å². The molecule has 3 fully saturated rings. The topological polar surface area (TPSA) is 53.5 Å². The largest absolute Gasteiger partial charge is 0.395 e.